The maximum atomic E-state index is 13.8. The first kappa shape index (κ1) is 19.2. The molecular weight excluding hydrogens is 363 g/mol. The third-order valence-electron chi connectivity index (χ3n) is 4.64. The van der Waals surface area contributed by atoms with E-state index in [4.69, 9.17) is 5.11 Å². The lowest BCUT2D eigenvalue weighted by Gasteiger charge is -2.13. The number of halogens is 1. The Bertz CT molecular complexity index is 1040. The van der Waals surface area contributed by atoms with E-state index in [2.05, 4.69) is 0 Å². The predicted molar refractivity (Wildman–Crippen MR) is 106 cm³/mol. The van der Waals surface area contributed by atoms with Crippen LogP contribution in [0.15, 0.2) is 53.4 Å². The third kappa shape index (κ3) is 4.42. The Hall–Kier alpha value is -2.53. The molecule has 0 fully saturated rings. The molecular formula is C22H21FO3S. The molecule has 0 spiro atoms. The summed E-state index contributed by atoms with van der Waals surface area (Å²) in [5, 5.41) is 10.7. The molecule has 3 aromatic rings. The fraction of sp³-hybridized carbons (Fsp3) is 0.227. The van der Waals surface area contributed by atoms with E-state index in [1.54, 1.807) is 12.1 Å². The van der Waals surface area contributed by atoms with Gasteiger partial charge in [-0.15, -0.1) is 0 Å². The molecule has 5 heteroatoms. The van der Waals surface area contributed by atoms with Crippen molar-refractivity contribution in [1.29, 1.82) is 0 Å². The van der Waals surface area contributed by atoms with Crippen LogP contribution in [0.1, 0.15) is 29.2 Å². The van der Waals surface area contributed by atoms with E-state index in [0.29, 0.717) is 17.7 Å². The summed E-state index contributed by atoms with van der Waals surface area (Å²) >= 11 is 0. The number of fused-ring (bicyclic) bond motifs is 1. The summed E-state index contributed by atoms with van der Waals surface area (Å²) < 4.78 is 25.8. The SMILES string of the molecule is CCS(=O)c1ccc(Cc2cc(CC(=O)O)cc3ccc(F)cc23)c(C)c1. The Morgan fingerprint density at radius 1 is 1.07 bits per heavy atom. The van der Waals surface area contributed by atoms with Crippen LogP contribution in [0, 0.1) is 12.7 Å². The van der Waals surface area contributed by atoms with Crippen molar-refractivity contribution in [1.82, 2.24) is 0 Å². The van der Waals surface area contributed by atoms with Gasteiger partial charge < -0.3 is 5.11 Å². The fourth-order valence-electron chi connectivity index (χ4n) is 3.28. The second-order valence-electron chi connectivity index (χ2n) is 6.59. The van der Waals surface area contributed by atoms with E-state index in [9.17, 15) is 13.4 Å². The molecule has 0 heterocycles. The molecule has 1 unspecified atom stereocenters. The molecule has 0 bridgehead atoms. The number of carboxylic acids is 1. The normalized spacial score (nSPS) is 12.3. The first-order valence-corrected chi connectivity index (χ1v) is 10.1. The van der Waals surface area contributed by atoms with Gasteiger partial charge in [-0.25, -0.2) is 4.39 Å². The van der Waals surface area contributed by atoms with Crippen molar-refractivity contribution in [2.75, 3.05) is 5.75 Å². The number of rotatable bonds is 6. The maximum Gasteiger partial charge on any atom is 0.307 e. The molecule has 0 aliphatic rings. The van der Waals surface area contributed by atoms with Crippen molar-refractivity contribution in [2.45, 2.75) is 31.6 Å². The molecule has 0 aliphatic carbocycles. The monoisotopic (exact) mass is 384 g/mol. The van der Waals surface area contributed by atoms with Crippen molar-refractivity contribution in [3.63, 3.8) is 0 Å². The van der Waals surface area contributed by atoms with Gasteiger partial charge in [0.05, 0.1) is 17.2 Å². The fourth-order valence-corrected chi connectivity index (χ4v) is 4.14. The quantitative estimate of drug-likeness (QED) is 0.674. The summed E-state index contributed by atoms with van der Waals surface area (Å²) in [7, 11) is -1.01. The predicted octanol–water partition coefficient (Wildman–Crippen LogP) is 4.63. The van der Waals surface area contributed by atoms with Crippen molar-refractivity contribution in [3.8, 4) is 0 Å². The van der Waals surface area contributed by atoms with Gasteiger partial charge in [-0.2, -0.15) is 0 Å². The lowest BCUT2D eigenvalue weighted by Crippen LogP contribution is -2.02. The van der Waals surface area contributed by atoms with Crippen LogP contribution >= 0.6 is 0 Å². The Morgan fingerprint density at radius 3 is 2.52 bits per heavy atom. The Morgan fingerprint density at radius 2 is 1.85 bits per heavy atom. The summed E-state index contributed by atoms with van der Waals surface area (Å²) in [5.41, 5.74) is 3.64. The first-order chi connectivity index (χ1) is 12.9. The number of aliphatic carboxylic acids is 1. The highest BCUT2D eigenvalue weighted by Gasteiger charge is 2.11. The minimum absolute atomic E-state index is 0.0757. The number of carbonyl (C=O) groups is 1. The van der Waals surface area contributed by atoms with Gasteiger partial charge in [0.1, 0.15) is 5.82 Å². The lowest BCUT2D eigenvalue weighted by molar-refractivity contribution is -0.136. The number of hydrogen-bond acceptors (Lipinski definition) is 2. The molecule has 27 heavy (non-hydrogen) atoms. The molecule has 0 saturated heterocycles. The van der Waals surface area contributed by atoms with Crippen molar-refractivity contribution in [3.05, 3.63) is 76.6 Å². The smallest absolute Gasteiger partial charge is 0.307 e. The number of carboxylic acid groups (broad SMARTS) is 1. The van der Waals surface area contributed by atoms with Crippen LogP contribution in [0.2, 0.25) is 0 Å². The van der Waals surface area contributed by atoms with E-state index < -0.39 is 16.8 Å². The van der Waals surface area contributed by atoms with Gasteiger partial charge in [0, 0.05) is 10.6 Å². The van der Waals surface area contributed by atoms with Crippen LogP contribution in [-0.4, -0.2) is 21.0 Å². The maximum absolute atomic E-state index is 13.8. The zero-order valence-corrected chi connectivity index (χ0v) is 16.1. The summed E-state index contributed by atoms with van der Waals surface area (Å²) in [4.78, 5) is 11.9. The molecule has 1 N–H and O–H groups in total. The molecule has 0 aromatic heterocycles. The highest BCUT2D eigenvalue weighted by atomic mass is 32.2. The molecule has 0 saturated carbocycles. The number of aryl methyl sites for hydroxylation is 1. The van der Waals surface area contributed by atoms with Gasteiger partial charge in [0.15, 0.2) is 0 Å². The highest BCUT2D eigenvalue weighted by Crippen LogP contribution is 2.27. The Labute approximate surface area is 160 Å². The molecule has 3 nitrogen and oxygen atoms in total. The molecule has 0 aliphatic heterocycles. The van der Waals surface area contributed by atoms with Crippen LogP contribution in [0.4, 0.5) is 4.39 Å². The molecule has 3 rings (SSSR count). The van der Waals surface area contributed by atoms with Crippen molar-refractivity contribution >= 4 is 27.5 Å². The van der Waals surface area contributed by atoms with E-state index >= 15 is 0 Å². The van der Waals surface area contributed by atoms with Crippen molar-refractivity contribution < 1.29 is 18.5 Å². The second kappa shape index (κ2) is 8.01. The van der Waals surface area contributed by atoms with Gasteiger partial charge in [0.2, 0.25) is 0 Å². The van der Waals surface area contributed by atoms with Gasteiger partial charge in [-0.3, -0.25) is 9.00 Å². The second-order valence-corrected chi connectivity index (χ2v) is 8.33. The van der Waals surface area contributed by atoms with Crippen LogP contribution in [0.5, 0.6) is 0 Å². The minimum atomic E-state index is -1.01. The third-order valence-corrected chi connectivity index (χ3v) is 5.94. The molecule has 0 radical (unpaired) electrons. The Kier molecular flexibility index (Phi) is 5.71. The van der Waals surface area contributed by atoms with E-state index in [1.807, 2.05) is 38.1 Å². The van der Waals surface area contributed by atoms with Crippen LogP contribution in [0.3, 0.4) is 0 Å². The van der Waals surface area contributed by atoms with Crippen LogP contribution in [-0.2, 0) is 28.4 Å². The molecule has 140 valence electrons. The zero-order chi connectivity index (χ0) is 19.6. The van der Waals surface area contributed by atoms with Gasteiger partial charge in [-0.1, -0.05) is 31.2 Å². The Balaban J connectivity index is 2.06. The van der Waals surface area contributed by atoms with Crippen LogP contribution < -0.4 is 0 Å². The summed E-state index contributed by atoms with van der Waals surface area (Å²) in [5.74, 6) is -0.648. The molecule has 1 atom stereocenters. The topological polar surface area (TPSA) is 54.4 Å². The van der Waals surface area contributed by atoms with Gasteiger partial charge in [-0.05, 0) is 70.6 Å². The minimum Gasteiger partial charge on any atom is -0.481 e. The largest absolute Gasteiger partial charge is 0.481 e. The molecule has 0 amide bonds. The summed E-state index contributed by atoms with van der Waals surface area (Å²) in [6.07, 6.45) is 0.478. The average molecular weight is 384 g/mol. The van der Waals surface area contributed by atoms with E-state index in [-0.39, 0.29) is 12.2 Å². The number of hydrogen-bond donors (Lipinski definition) is 1. The first-order valence-electron chi connectivity index (χ1n) is 8.78. The average Bonchev–Trinajstić information content (AvgIpc) is 2.62. The standard InChI is InChI=1S/C22H21FO3S/c1-3-27(26)20-7-5-16(14(2)8-20)12-18-10-15(11-22(24)25)9-17-4-6-19(23)13-21(17)18/h4-10,13H,3,11-12H2,1-2H3,(H,24,25). The van der Waals surface area contributed by atoms with Gasteiger partial charge >= 0.3 is 5.97 Å². The lowest BCUT2D eigenvalue weighted by atomic mass is 9.93. The van der Waals surface area contributed by atoms with Gasteiger partial charge in [0.25, 0.3) is 0 Å². The highest BCUT2D eigenvalue weighted by molar-refractivity contribution is 7.85. The molecule has 3 aromatic carbocycles. The van der Waals surface area contributed by atoms with E-state index in [0.717, 1.165) is 32.4 Å². The van der Waals surface area contributed by atoms with Crippen LogP contribution in [0.25, 0.3) is 10.8 Å². The zero-order valence-electron chi connectivity index (χ0n) is 15.3. The summed E-state index contributed by atoms with van der Waals surface area (Å²) in [6, 6.07) is 13.9. The summed E-state index contributed by atoms with van der Waals surface area (Å²) in [6.45, 7) is 3.85. The van der Waals surface area contributed by atoms with E-state index in [1.165, 1.54) is 12.1 Å². The number of benzene rings is 3. The van der Waals surface area contributed by atoms with Crippen molar-refractivity contribution in [2.24, 2.45) is 0 Å².